The Balaban J connectivity index is 1.93. The third-order valence-electron chi connectivity index (χ3n) is 2.89. The molecule has 0 saturated carbocycles. The molecule has 0 spiro atoms. The molecule has 0 bridgehead atoms. The summed E-state index contributed by atoms with van der Waals surface area (Å²) in [4.78, 5) is 11.9. The van der Waals surface area contributed by atoms with Gasteiger partial charge in [-0.15, -0.1) is 0 Å². The lowest BCUT2D eigenvalue weighted by Gasteiger charge is -2.14. The van der Waals surface area contributed by atoms with Crippen molar-refractivity contribution in [2.75, 3.05) is 6.61 Å². The molecule has 1 heterocycles. The summed E-state index contributed by atoms with van der Waals surface area (Å²) in [6.07, 6.45) is 1.57. The average Bonchev–Trinajstić information content (AvgIpc) is 2.91. The Bertz CT molecular complexity index is 605. The number of carbonyl (C=O) groups excluding carboxylic acids is 1. The molecule has 1 amide bonds. The van der Waals surface area contributed by atoms with Crippen LogP contribution in [0.25, 0.3) is 0 Å². The minimum Gasteiger partial charge on any atom is -0.482 e. The number of hydrogen-bond acceptors (Lipinski definition) is 3. The van der Waals surface area contributed by atoms with Gasteiger partial charge in [-0.05, 0) is 43.7 Å². The summed E-state index contributed by atoms with van der Waals surface area (Å²) in [6, 6.07) is 6.98. The van der Waals surface area contributed by atoms with Crippen molar-refractivity contribution in [1.29, 1.82) is 0 Å². The third kappa shape index (κ3) is 4.25. The molecule has 0 aliphatic heterocycles. The molecule has 2 aromatic rings. The van der Waals surface area contributed by atoms with E-state index in [-0.39, 0.29) is 18.6 Å². The van der Waals surface area contributed by atoms with Gasteiger partial charge in [-0.25, -0.2) is 0 Å². The second-order valence-electron chi connectivity index (χ2n) is 4.63. The van der Waals surface area contributed by atoms with E-state index in [1.54, 1.807) is 18.4 Å². The maximum atomic E-state index is 11.9. The van der Waals surface area contributed by atoms with Crippen LogP contribution >= 0.6 is 27.5 Å². The highest BCUT2D eigenvalue weighted by atomic mass is 79.9. The number of ether oxygens (including phenoxy) is 1. The summed E-state index contributed by atoms with van der Waals surface area (Å²) in [7, 11) is 0. The first-order chi connectivity index (χ1) is 9.97. The molecule has 0 aliphatic carbocycles. The van der Waals surface area contributed by atoms with Crippen molar-refractivity contribution in [2.45, 2.75) is 19.9 Å². The molecule has 112 valence electrons. The Labute approximate surface area is 136 Å². The number of hydrogen-bond donors (Lipinski definition) is 1. The van der Waals surface area contributed by atoms with Crippen LogP contribution in [0.5, 0.6) is 5.75 Å². The maximum absolute atomic E-state index is 11.9. The largest absolute Gasteiger partial charge is 0.482 e. The quantitative estimate of drug-likeness (QED) is 0.853. The number of benzene rings is 1. The van der Waals surface area contributed by atoms with Crippen LogP contribution in [0.2, 0.25) is 5.02 Å². The van der Waals surface area contributed by atoms with E-state index in [2.05, 4.69) is 21.2 Å². The van der Waals surface area contributed by atoms with Gasteiger partial charge in [0.2, 0.25) is 0 Å². The average molecular weight is 373 g/mol. The van der Waals surface area contributed by atoms with Crippen LogP contribution in [-0.4, -0.2) is 12.5 Å². The van der Waals surface area contributed by atoms with E-state index in [1.165, 1.54) is 0 Å². The number of furan rings is 1. The highest BCUT2D eigenvalue weighted by Crippen LogP contribution is 2.31. The van der Waals surface area contributed by atoms with Crippen LogP contribution in [0.3, 0.4) is 0 Å². The molecule has 0 fully saturated rings. The molecule has 21 heavy (non-hydrogen) atoms. The van der Waals surface area contributed by atoms with Crippen LogP contribution in [0.4, 0.5) is 0 Å². The van der Waals surface area contributed by atoms with Gasteiger partial charge in [0.25, 0.3) is 5.91 Å². The van der Waals surface area contributed by atoms with Crippen LogP contribution < -0.4 is 10.1 Å². The topological polar surface area (TPSA) is 51.5 Å². The van der Waals surface area contributed by atoms with Crippen LogP contribution in [-0.2, 0) is 4.79 Å². The summed E-state index contributed by atoms with van der Waals surface area (Å²) in [5.41, 5.74) is 0.862. The van der Waals surface area contributed by atoms with Gasteiger partial charge in [0.15, 0.2) is 6.61 Å². The van der Waals surface area contributed by atoms with Gasteiger partial charge in [0, 0.05) is 4.47 Å². The summed E-state index contributed by atoms with van der Waals surface area (Å²) >= 11 is 9.46. The summed E-state index contributed by atoms with van der Waals surface area (Å²) in [6.45, 7) is 3.61. The van der Waals surface area contributed by atoms with E-state index in [1.807, 2.05) is 26.0 Å². The lowest BCUT2D eigenvalue weighted by molar-refractivity contribution is -0.123. The van der Waals surface area contributed by atoms with E-state index in [9.17, 15) is 4.79 Å². The number of nitrogens with one attached hydrogen (secondary N) is 1. The maximum Gasteiger partial charge on any atom is 0.258 e. The zero-order valence-corrected chi connectivity index (χ0v) is 14.0. The first kappa shape index (κ1) is 15.9. The van der Waals surface area contributed by atoms with E-state index in [0.29, 0.717) is 16.5 Å². The fraction of sp³-hybridized carbons (Fsp3) is 0.267. The smallest absolute Gasteiger partial charge is 0.258 e. The highest BCUT2D eigenvalue weighted by Gasteiger charge is 2.14. The van der Waals surface area contributed by atoms with Crippen molar-refractivity contribution < 1.29 is 13.9 Å². The van der Waals surface area contributed by atoms with Crippen molar-refractivity contribution in [1.82, 2.24) is 5.32 Å². The lowest BCUT2D eigenvalue weighted by Crippen LogP contribution is -2.31. The van der Waals surface area contributed by atoms with Crippen molar-refractivity contribution in [2.24, 2.45) is 0 Å². The normalized spacial score (nSPS) is 12.0. The highest BCUT2D eigenvalue weighted by molar-refractivity contribution is 9.10. The zero-order valence-electron chi connectivity index (χ0n) is 11.7. The molecular weight excluding hydrogens is 358 g/mol. The van der Waals surface area contributed by atoms with Gasteiger partial charge in [0.1, 0.15) is 11.5 Å². The number of halogens is 2. The zero-order chi connectivity index (χ0) is 15.4. The lowest BCUT2D eigenvalue weighted by atomic mass is 10.2. The van der Waals surface area contributed by atoms with Gasteiger partial charge in [-0.2, -0.15) is 0 Å². The minimum absolute atomic E-state index is 0.104. The molecule has 4 nitrogen and oxygen atoms in total. The second-order valence-corrected chi connectivity index (χ2v) is 5.95. The predicted octanol–water partition coefficient (Wildman–Crippen LogP) is 4.26. The molecule has 0 aliphatic rings. The van der Waals surface area contributed by atoms with Crippen LogP contribution in [0, 0.1) is 6.92 Å². The van der Waals surface area contributed by atoms with E-state index in [4.69, 9.17) is 20.8 Å². The Hall–Kier alpha value is -1.46. The van der Waals surface area contributed by atoms with Crippen LogP contribution in [0.1, 0.15) is 24.3 Å². The third-order valence-corrected chi connectivity index (χ3v) is 3.63. The van der Waals surface area contributed by atoms with Crippen molar-refractivity contribution in [3.63, 3.8) is 0 Å². The Kier molecular flexibility index (Phi) is 5.31. The SMILES string of the molecule is Cc1cc(Br)cc(Cl)c1OCC(=O)N[C@H](C)c1ccco1. The molecule has 1 atom stereocenters. The Morgan fingerprint density at radius 2 is 2.29 bits per heavy atom. The van der Waals surface area contributed by atoms with Gasteiger partial charge >= 0.3 is 0 Å². The molecule has 6 heteroatoms. The van der Waals surface area contributed by atoms with Crippen molar-refractivity contribution >= 4 is 33.4 Å². The molecule has 1 aromatic carbocycles. The number of rotatable bonds is 5. The van der Waals surface area contributed by atoms with E-state index < -0.39 is 0 Å². The second kappa shape index (κ2) is 7.00. The Morgan fingerprint density at radius 1 is 1.52 bits per heavy atom. The summed E-state index contributed by atoms with van der Waals surface area (Å²) in [5.74, 6) is 0.971. The molecule has 0 radical (unpaired) electrons. The van der Waals surface area contributed by atoms with Gasteiger partial charge in [-0.3, -0.25) is 4.79 Å². The minimum atomic E-state index is -0.239. The fourth-order valence-corrected chi connectivity index (χ4v) is 2.93. The molecule has 0 saturated heterocycles. The first-order valence-corrected chi connectivity index (χ1v) is 7.55. The van der Waals surface area contributed by atoms with E-state index in [0.717, 1.165) is 10.0 Å². The molecular formula is C15H15BrClNO3. The number of aryl methyl sites for hydroxylation is 1. The fourth-order valence-electron chi connectivity index (χ4n) is 1.90. The van der Waals surface area contributed by atoms with Gasteiger partial charge < -0.3 is 14.5 Å². The van der Waals surface area contributed by atoms with Gasteiger partial charge in [-0.1, -0.05) is 27.5 Å². The van der Waals surface area contributed by atoms with Crippen LogP contribution in [0.15, 0.2) is 39.4 Å². The summed E-state index contributed by atoms with van der Waals surface area (Å²) < 4.78 is 11.6. The van der Waals surface area contributed by atoms with Crippen molar-refractivity contribution in [3.8, 4) is 5.75 Å². The standard InChI is InChI=1S/C15H15BrClNO3/c1-9-6-11(16)7-12(17)15(9)21-8-14(19)18-10(2)13-4-3-5-20-13/h3-7,10H,8H2,1-2H3,(H,18,19)/t10-/m1/s1. The van der Waals surface area contributed by atoms with E-state index >= 15 is 0 Å². The summed E-state index contributed by atoms with van der Waals surface area (Å²) in [5, 5.41) is 3.26. The molecule has 0 unspecified atom stereocenters. The van der Waals surface area contributed by atoms with Gasteiger partial charge in [0.05, 0.1) is 17.3 Å². The Morgan fingerprint density at radius 3 is 2.90 bits per heavy atom. The monoisotopic (exact) mass is 371 g/mol. The number of amides is 1. The molecule has 2 rings (SSSR count). The molecule has 1 N–H and O–H groups in total. The first-order valence-electron chi connectivity index (χ1n) is 6.38. The predicted molar refractivity (Wildman–Crippen MR) is 84.6 cm³/mol. The number of carbonyl (C=O) groups is 1. The molecule has 1 aromatic heterocycles. The van der Waals surface area contributed by atoms with Crippen molar-refractivity contribution in [3.05, 3.63) is 51.3 Å².